The molecule has 0 bridgehead atoms. The van der Waals surface area contributed by atoms with Crippen molar-refractivity contribution in [2.45, 2.75) is 6.92 Å². The van der Waals surface area contributed by atoms with Crippen LogP contribution in [0.3, 0.4) is 0 Å². The molecule has 3 rings (SSSR count). The summed E-state index contributed by atoms with van der Waals surface area (Å²) in [6, 6.07) is 10.8. The molecule has 2 aromatic rings. The van der Waals surface area contributed by atoms with Crippen molar-refractivity contribution in [3.63, 3.8) is 0 Å². The third kappa shape index (κ3) is 3.78. The molecule has 2 heterocycles. The Kier molecular flexibility index (Phi) is 4.86. The number of anilines is 2. The maximum Gasteiger partial charge on any atom is 0.272 e. The van der Waals surface area contributed by atoms with Crippen LogP contribution in [0.1, 0.15) is 27.8 Å². The summed E-state index contributed by atoms with van der Waals surface area (Å²) < 4.78 is 5.25. The van der Waals surface area contributed by atoms with Crippen molar-refractivity contribution in [2.24, 2.45) is 0 Å². The van der Waals surface area contributed by atoms with Gasteiger partial charge >= 0.3 is 0 Å². The van der Waals surface area contributed by atoms with Gasteiger partial charge in [-0.3, -0.25) is 9.59 Å². The topological polar surface area (TPSA) is 71.5 Å². The van der Waals surface area contributed by atoms with E-state index in [0.717, 1.165) is 11.4 Å². The molecular weight excluding hydrogens is 306 g/mol. The van der Waals surface area contributed by atoms with E-state index in [1.807, 2.05) is 12.1 Å². The van der Waals surface area contributed by atoms with Gasteiger partial charge in [0.05, 0.1) is 25.1 Å². The average molecular weight is 325 g/mol. The van der Waals surface area contributed by atoms with E-state index in [9.17, 15) is 9.59 Å². The highest BCUT2D eigenvalue weighted by Crippen LogP contribution is 2.18. The van der Waals surface area contributed by atoms with Crippen molar-refractivity contribution < 1.29 is 14.3 Å². The highest BCUT2D eigenvalue weighted by Gasteiger charge is 2.19. The molecule has 1 aromatic carbocycles. The summed E-state index contributed by atoms with van der Waals surface area (Å²) in [6.07, 6.45) is 1.62. The minimum absolute atomic E-state index is 0.0169. The molecule has 6 nitrogen and oxygen atoms in total. The van der Waals surface area contributed by atoms with Gasteiger partial charge in [-0.1, -0.05) is 12.1 Å². The van der Waals surface area contributed by atoms with E-state index in [2.05, 4.69) is 10.3 Å². The second-order valence-corrected chi connectivity index (χ2v) is 5.60. The van der Waals surface area contributed by atoms with Crippen LogP contribution in [0.25, 0.3) is 0 Å². The minimum Gasteiger partial charge on any atom is -0.378 e. The number of hydrogen-bond acceptors (Lipinski definition) is 5. The fourth-order valence-corrected chi connectivity index (χ4v) is 2.51. The summed E-state index contributed by atoms with van der Waals surface area (Å²) in [4.78, 5) is 29.8. The smallest absolute Gasteiger partial charge is 0.272 e. The van der Waals surface area contributed by atoms with Gasteiger partial charge in [-0.2, -0.15) is 0 Å². The number of carbonyl (C=O) groups is 2. The van der Waals surface area contributed by atoms with Crippen LogP contribution in [-0.4, -0.2) is 47.9 Å². The third-order valence-electron chi connectivity index (χ3n) is 3.84. The summed E-state index contributed by atoms with van der Waals surface area (Å²) in [5.41, 5.74) is 2.62. The van der Waals surface area contributed by atoms with Gasteiger partial charge in [-0.15, -0.1) is 0 Å². The molecule has 1 aliphatic rings. The van der Waals surface area contributed by atoms with E-state index < -0.39 is 0 Å². The van der Waals surface area contributed by atoms with Crippen LogP contribution in [-0.2, 0) is 4.74 Å². The number of pyridine rings is 1. The monoisotopic (exact) mass is 325 g/mol. The van der Waals surface area contributed by atoms with Gasteiger partial charge in [0.25, 0.3) is 5.91 Å². The number of amides is 1. The zero-order valence-electron chi connectivity index (χ0n) is 13.5. The van der Waals surface area contributed by atoms with Crippen LogP contribution < -0.4 is 5.32 Å². The summed E-state index contributed by atoms with van der Waals surface area (Å²) >= 11 is 0. The van der Waals surface area contributed by atoms with Gasteiger partial charge in [0.15, 0.2) is 5.78 Å². The van der Waals surface area contributed by atoms with Crippen molar-refractivity contribution in [1.29, 1.82) is 0 Å². The van der Waals surface area contributed by atoms with Crippen LogP contribution in [0.15, 0.2) is 42.6 Å². The van der Waals surface area contributed by atoms with E-state index in [0.29, 0.717) is 37.6 Å². The first-order valence-corrected chi connectivity index (χ1v) is 7.84. The quantitative estimate of drug-likeness (QED) is 0.875. The van der Waals surface area contributed by atoms with Crippen LogP contribution >= 0.6 is 0 Å². The van der Waals surface area contributed by atoms with E-state index in [1.54, 1.807) is 35.4 Å². The van der Waals surface area contributed by atoms with Crippen molar-refractivity contribution in [2.75, 3.05) is 31.6 Å². The van der Waals surface area contributed by atoms with E-state index in [4.69, 9.17) is 4.74 Å². The number of ether oxygens (including phenoxy) is 1. The molecule has 0 unspecified atom stereocenters. The van der Waals surface area contributed by atoms with Crippen LogP contribution in [0.5, 0.6) is 0 Å². The molecule has 0 radical (unpaired) electrons. The number of benzene rings is 1. The number of nitrogens with zero attached hydrogens (tertiary/aromatic N) is 2. The first kappa shape index (κ1) is 16.1. The molecule has 1 saturated heterocycles. The Hall–Kier alpha value is -2.73. The zero-order valence-corrected chi connectivity index (χ0v) is 13.5. The normalized spacial score (nSPS) is 14.3. The number of morpholine rings is 1. The maximum absolute atomic E-state index is 12.3. The average Bonchev–Trinajstić information content (AvgIpc) is 2.63. The lowest BCUT2D eigenvalue weighted by atomic mass is 10.1. The summed E-state index contributed by atoms with van der Waals surface area (Å²) in [5, 5.41) is 3.19. The second-order valence-electron chi connectivity index (χ2n) is 5.60. The summed E-state index contributed by atoms with van der Waals surface area (Å²) in [6.45, 7) is 3.86. The highest BCUT2D eigenvalue weighted by atomic mass is 16.5. The van der Waals surface area contributed by atoms with E-state index >= 15 is 0 Å². The minimum atomic E-state index is -0.0802. The van der Waals surface area contributed by atoms with Crippen LogP contribution in [0, 0.1) is 0 Å². The SMILES string of the molecule is CC(=O)c1cccc(Nc2ccc(C(=O)N3CCOCC3)nc2)c1. The number of aromatic nitrogens is 1. The maximum atomic E-state index is 12.3. The molecule has 6 heteroatoms. The molecule has 1 aromatic heterocycles. The fourth-order valence-electron chi connectivity index (χ4n) is 2.51. The molecule has 24 heavy (non-hydrogen) atoms. The first-order valence-electron chi connectivity index (χ1n) is 7.84. The molecule has 0 saturated carbocycles. The number of ketones is 1. The van der Waals surface area contributed by atoms with Gasteiger partial charge in [-0.05, 0) is 31.2 Å². The van der Waals surface area contributed by atoms with Gasteiger partial charge in [0, 0.05) is 24.3 Å². The first-order chi connectivity index (χ1) is 11.6. The molecule has 1 amide bonds. The Labute approximate surface area is 140 Å². The number of carbonyl (C=O) groups excluding carboxylic acids is 2. The second kappa shape index (κ2) is 7.23. The largest absolute Gasteiger partial charge is 0.378 e. The van der Waals surface area contributed by atoms with Crippen molar-refractivity contribution in [1.82, 2.24) is 9.88 Å². The van der Waals surface area contributed by atoms with Crippen molar-refractivity contribution in [3.8, 4) is 0 Å². The molecular formula is C18H19N3O3. The van der Waals surface area contributed by atoms with E-state index in [-0.39, 0.29) is 11.7 Å². The lowest BCUT2D eigenvalue weighted by molar-refractivity contribution is 0.0299. The van der Waals surface area contributed by atoms with Crippen LogP contribution in [0.2, 0.25) is 0 Å². The number of rotatable bonds is 4. The highest BCUT2D eigenvalue weighted by molar-refractivity contribution is 5.95. The molecule has 1 aliphatic heterocycles. The lowest BCUT2D eigenvalue weighted by Gasteiger charge is -2.26. The van der Waals surface area contributed by atoms with Gasteiger partial charge in [0.2, 0.25) is 0 Å². The molecule has 0 aliphatic carbocycles. The standard InChI is InChI=1S/C18H19N3O3/c1-13(22)14-3-2-4-15(11-14)20-16-5-6-17(19-12-16)18(23)21-7-9-24-10-8-21/h2-6,11-12,20H,7-10H2,1H3. The van der Waals surface area contributed by atoms with Crippen molar-refractivity contribution >= 4 is 23.1 Å². The Morgan fingerprint density at radius 1 is 1.12 bits per heavy atom. The molecule has 0 atom stereocenters. The molecule has 0 spiro atoms. The fraction of sp³-hybridized carbons (Fsp3) is 0.278. The molecule has 1 N–H and O–H groups in total. The Morgan fingerprint density at radius 3 is 2.58 bits per heavy atom. The van der Waals surface area contributed by atoms with Gasteiger partial charge < -0.3 is 15.0 Å². The third-order valence-corrected chi connectivity index (χ3v) is 3.84. The molecule has 124 valence electrons. The Balaban J connectivity index is 1.69. The van der Waals surface area contributed by atoms with Gasteiger partial charge in [-0.25, -0.2) is 4.98 Å². The lowest BCUT2D eigenvalue weighted by Crippen LogP contribution is -2.41. The van der Waals surface area contributed by atoms with Crippen molar-refractivity contribution in [3.05, 3.63) is 53.9 Å². The number of hydrogen-bond donors (Lipinski definition) is 1. The van der Waals surface area contributed by atoms with Crippen LogP contribution in [0.4, 0.5) is 11.4 Å². The van der Waals surface area contributed by atoms with E-state index in [1.165, 1.54) is 6.92 Å². The number of nitrogens with one attached hydrogen (secondary N) is 1. The molecule has 1 fully saturated rings. The summed E-state index contributed by atoms with van der Waals surface area (Å²) in [7, 11) is 0. The predicted octanol–water partition coefficient (Wildman–Crippen LogP) is 2.50. The Morgan fingerprint density at radius 2 is 1.92 bits per heavy atom. The summed E-state index contributed by atoms with van der Waals surface area (Å²) in [5.74, 6) is -0.0633. The zero-order chi connectivity index (χ0) is 16.9. The Bertz CT molecular complexity index is 737. The van der Waals surface area contributed by atoms with Gasteiger partial charge in [0.1, 0.15) is 5.69 Å². The predicted molar refractivity (Wildman–Crippen MR) is 90.7 cm³/mol. The number of Topliss-reactive ketones (excluding diaryl/α,β-unsaturated/α-hetero) is 1.